The molecule has 1 N–H and O–H groups in total. The van der Waals surface area contributed by atoms with Gasteiger partial charge in [-0.05, 0) is 18.9 Å². The van der Waals surface area contributed by atoms with E-state index in [-0.39, 0.29) is 0 Å². The molecule has 1 aliphatic heterocycles. The summed E-state index contributed by atoms with van der Waals surface area (Å²) in [4.78, 5) is 1.59. The Hall–Kier alpha value is -0.860. The molecule has 8 heteroatoms. The molecule has 1 aliphatic rings. The lowest BCUT2D eigenvalue weighted by molar-refractivity contribution is -0.804. The first-order valence-electron chi connectivity index (χ1n) is 6.89. The second kappa shape index (κ2) is 9.22. The Morgan fingerprint density at radius 3 is 2.14 bits per heavy atom. The molecule has 1 atom stereocenters. The molecule has 4 nitrogen and oxygen atoms in total. The topological polar surface area (TPSA) is 61.6 Å². The molecular formula is C13H22F3NO3S. The van der Waals surface area contributed by atoms with Crippen molar-refractivity contribution in [1.82, 2.24) is 0 Å². The first kappa shape index (κ1) is 20.1. The number of rotatable bonds is 6. The Balaban J connectivity index is 0.000000433. The van der Waals surface area contributed by atoms with Crippen LogP contribution >= 0.6 is 0 Å². The molecule has 1 rings (SSSR count). The molecule has 0 saturated carbocycles. The molecule has 0 aliphatic carbocycles. The van der Waals surface area contributed by atoms with Gasteiger partial charge in [0.25, 0.3) is 0 Å². The smallest absolute Gasteiger partial charge is 0.485 e. The van der Waals surface area contributed by atoms with Gasteiger partial charge in [0.05, 0.1) is 12.7 Å². The zero-order chi connectivity index (χ0) is 16.5. The predicted molar refractivity (Wildman–Crippen MR) is 73.2 cm³/mol. The maximum Gasteiger partial charge on any atom is 0.485 e. The van der Waals surface area contributed by atoms with E-state index in [1.54, 1.807) is 10.6 Å². The van der Waals surface area contributed by atoms with Crippen LogP contribution in [0, 0.1) is 0 Å². The molecule has 124 valence electrons. The van der Waals surface area contributed by atoms with Crippen molar-refractivity contribution in [1.29, 1.82) is 0 Å². The summed E-state index contributed by atoms with van der Waals surface area (Å²) in [6, 6.07) is 0. The monoisotopic (exact) mass is 329 g/mol. The van der Waals surface area contributed by atoms with Gasteiger partial charge in [0, 0.05) is 12.5 Å². The second-order valence-corrected chi connectivity index (χ2v) is 6.05. The lowest BCUT2D eigenvalue weighted by Gasteiger charge is -2.13. The third-order valence-electron chi connectivity index (χ3n) is 2.89. The number of hydrogen-bond acceptors (Lipinski definition) is 3. The molecular weight excluding hydrogens is 307 g/mol. The van der Waals surface area contributed by atoms with Gasteiger partial charge in [-0.15, -0.1) is 0 Å². The van der Waals surface area contributed by atoms with Crippen LogP contribution in [0.2, 0.25) is 0 Å². The fourth-order valence-corrected chi connectivity index (χ4v) is 1.72. The summed E-state index contributed by atoms with van der Waals surface area (Å²) in [5, 5.41) is 0. The predicted octanol–water partition coefficient (Wildman–Crippen LogP) is 2.32. The van der Waals surface area contributed by atoms with Crippen LogP contribution in [0.3, 0.4) is 0 Å². The van der Waals surface area contributed by atoms with E-state index < -0.39 is 15.6 Å². The molecule has 0 fully saturated rings. The van der Waals surface area contributed by atoms with Gasteiger partial charge < -0.3 is 4.55 Å². The van der Waals surface area contributed by atoms with E-state index in [1.807, 2.05) is 0 Å². The van der Waals surface area contributed by atoms with Crippen LogP contribution in [0.4, 0.5) is 13.2 Å². The van der Waals surface area contributed by atoms with E-state index in [1.165, 1.54) is 38.6 Å². The zero-order valence-corrected chi connectivity index (χ0v) is 13.1. The van der Waals surface area contributed by atoms with E-state index >= 15 is 0 Å². The minimum atomic E-state index is -6.09. The SMILES string of the molecule is CCCCC1=CC=C[NH+]1CCCC.O=S(=O)([O-])C(F)(F)F. The minimum Gasteiger partial charge on any atom is -0.741 e. The van der Waals surface area contributed by atoms with E-state index in [9.17, 15) is 13.2 Å². The molecule has 1 heterocycles. The van der Waals surface area contributed by atoms with Crippen molar-refractivity contribution in [2.24, 2.45) is 0 Å². The molecule has 0 radical (unpaired) electrons. The minimum absolute atomic E-state index is 1.28. The van der Waals surface area contributed by atoms with Crippen LogP contribution in [0.15, 0.2) is 24.0 Å². The van der Waals surface area contributed by atoms with Gasteiger partial charge in [-0.1, -0.05) is 26.7 Å². The van der Waals surface area contributed by atoms with Crippen molar-refractivity contribution in [3.63, 3.8) is 0 Å². The van der Waals surface area contributed by atoms with Crippen molar-refractivity contribution in [3.05, 3.63) is 24.0 Å². The van der Waals surface area contributed by atoms with Gasteiger partial charge in [-0.2, -0.15) is 13.2 Å². The average Bonchev–Trinajstić information content (AvgIpc) is 2.79. The van der Waals surface area contributed by atoms with Gasteiger partial charge in [0.2, 0.25) is 0 Å². The highest BCUT2D eigenvalue weighted by atomic mass is 32.2. The number of unbranched alkanes of at least 4 members (excludes halogenated alkanes) is 2. The molecule has 0 amide bonds. The normalized spacial score (nSPS) is 18.2. The van der Waals surface area contributed by atoms with Gasteiger partial charge in [-0.3, -0.25) is 4.90 Å². The van der Waals surface area contributed by atoms with E-state index in [2.05, 4.69) is 32.2 Å². The molecule has 0 aromatic rings. The quantitative estimate of drug-likeness (QED) is 0.601. The van der Waals surface area contributed by atoms with Crippen LogP contribution in [0.25, 0.3) is 0 Å². The first-order valence-corrected chi connectivity index (χ1v) is 8.29. The highest BCUT2D eigenvalue weighted by molar-refractivity contribution is 7.86. The van der Waals surface area contributed by atoms with Gasteiger partial charge in [0.1, 0.15) is 5.70 Å². The van der Waals surface area contributed by atoms with Crippen LogP contribution < -0.4 is 4.90 Å². The number of allylic oxidation sites excluding steroid dienone is 3. The fourth-order valence-electron chi connectivity index (χ4n) is 1.72. The summed E-state index contributed by atoms with van der Waals surface area (Å²) in [5.74, 6) is 0. The summed E-state index contributed by atoms with van der Waals surface area (Å²) in [7, 11) is -6.09. The summed E-state index contributed by atoms with van der Waals surface area (Å²) in [6.07, 6.45) is 13.4. The van der Waals surface area contributed by atoms with Gasteiger partial charge in [-0.25, -0.2) is 8.42 Å². The van der Waals surface area contributed by atoms with Crippen LogP contribution in [0.5, 0.6) is 0 Å². The van der Waals surface area contributed by atoms with Crippen molar-refractivity contribution in [2.75, 3.05) is 6.54 Å². The maximum atomic E-state index is 10.7. The molecule has 0 saturated heterocycles. The standard InChI is InChI=1S/C12H21N.CHF3O3S/c1-3-5-8-12-9-7-11-13(12)10-6-4-2;2-1(3,4)8(5,6)7/h7,9,11H,3-6,8,10H2,1-2H3;(H,5,6,7). The highest BCUT2D eigenvalue weighted by Crippen LogP contribution is 2.20. The Morgan fingerprint density at radius 2 is 1.71 bits per heavy atom. The van der Waals surface area contributed by atoms with E-state index in [0.717, 1.165) is 0 Å². The molecule has 0 aromatic carbocycles. The number of hydrogen-bond donors (Lipinski definition) is 1. The van der Waals surface area contributed by atoms with Crippen molar-refractivity contribution in [2.45, 2.75) is 51.5 Å². The molecule has 0 spiro atoms. The summed E-state index contributed by atoms with van der Waals surface area (Å²) < 4.78 is 58.9. The Kier molecular flexibility index (Phi) is 8.84. The molecule has 1 unspecified atom stereocenters. The third-order valence-corrected chi connectivity index (χ3v) is 3.46. The van der Waals surface area contributed by atoms with Crippen LogP contribution in [0.1, 0.15) is 46.0 Å². The molecule has 0 bridgehead atoms. The van der Waals surface area contributed by atoms with Crippen molar-refractivity contribution < 1.29 is 31.0 Å². The van der Waals surface area contributed by atoms with E-state index in [4.69, 9.17) is 13.0 Å². The van der Waals surface area contributed by atoms with E-state index in [0.29, 0.717) is 0 Å². The van der Waals surface area contributed by atoms with Gasteiger partial charge >= 0.3 is 5.51 Å². The lowest BCUT2D eigenvalue weighted by Crippen LogP contribution is -3.04. The first-order chi connectivity index (χ1) is 9.63. The molecule has 21 heavy (non-hydrogen) atoms. The van der Waals surface area contributed by atoms with Crippen LogP contribution in [-0.2, 0) is 10.1 Å². The van der Waals surface area contributed by atoms with Gasteiger partial charge in [0.15, 0.2) is 10.1 Å². The fraction of sp³-hybridized carbons (Fsp3) is 0.692. The van der Waals surface area contributed by atoms with Crippen LogP contribution in [-0.4, -0.2) is 25.0 Å². The second-order valence-electron chi connectivity index (χ2n) is 4.68. The maximum absolute atomic E-state index is 10.7. The van der Waals surface area contributed by atoms with Crippen molar-refractivity contribution in [3.8, 4) is 0 Å². The highest BCUT2D eigenvalue weighted by Gasteiger charge is 2.36. The molecule has 0 aromatic heterocycles. The Labute approximate surface area is 124 Å². The summed E-state index contributed by atoms with van der Waals surface area (Å²) in [6.45, 7) is 5.80. The number of alkyl halides is 3. The largest absolute Gasteiger partial charge is 0.741 e. The Morgan fingerprint density at radius 1 is 1.19 bits per heavy atom. The third kappa shape index (κ3) is 8.23. The summed E-state index contributed by atoms with van der Waals surface area (Å²) in [5.41, 5.74) is -4.05. The summed E-state index contributed by atoms with van der Waals surface area (Å²) >= 11 is 0. The number of halogens is 3. The average molecular weight is 329 g/mol. The Bertz CT molecular complexity index is 456. The van der Waals surface area contributed by atoms with Crippen molar-refractivity contribution >= 4 is 10.1 Å². The lowest BCUT2D eigenvalue weighted by atomic mass is 10.2. The number of quaternary nitrogens is 1. The number of nitrogens with one attached hydrogen (secondary N) is 1. The zero-order valence-electron chi connectivity index (χ0n) is 12.2.